The SMILES string of the molecule is CC1(C)CC1c1noc(CC2CCNC2)n1. The topological polar surface area (TPSA) is 51.0 Å². The molecule has 0 bridgehead atoms. The van der Waals surface area contributed by atoms with Gasteiger partial charge in [0, 0.05) is 12.3 Å². The molecule has 1 saturated heterocycles. The molecule has 0 spiro atoms. The third-order valence-electron chi connectivity index (χ3n) is 3.93. The average Bonchev–Trinajstić information content (AvgIpc) is 2.70. The molecule has 16 heavy (non-hydrogen) atoms. The first-order valence-electron chi connectivity index (χ1n) is 6.18. The van der Waals surface area contributed by atoms with Crippen molar-refractivity contribution in [3.8, 4) is 0 Å². The molecule has 2 fully saturated rings. The Labute approximate surface area is 95.8 Å². The summed E-state index contributed by atoms with van der Waals surface area (Å²) in [5, 5.41) is 7.47. The van der Waals surface area contributed by atoms with Crippen LogP contribution < -0.4 is 5.32 Å². The summed E-state index contributed by atoms with van der Waals surface area (Å²) in [4.78, 5) is 4.53. The molecule has 4 nitrogen and oxygen atoms in total. The van der Waals surface area contributed by atoms with Gasteiger partial charge >= 0.3 is 0 Å². The Morgan fingerprint density at radius 2 is 2.31 bits per heavy atom. The van der Waals surface area contributed by atoms with E-state index < -0.39 is 0 Å². The third-order valence-corrected chi connectivity index (χ3v) is 3.93. The standard InChI is InChI=1S/C12H19N3O/c1-12(2)6-9(12)11-14-10(16-15-11)5-8-3-4-13-7-8/h8-9,13H,3-7H2,1-2H3. The summed E-state index contributed by atoms with van der Waals surface area (Å²) in [6.07, 6.45) is 3.36. The quantitative estimate of drug-likeness (QED) is 0.844. The van der Waals surface area contributed by atoms with Gasteiger partial charge in [-0.2, -0.15) is 4.98 Å². The highest BCUT2D eigenvalue weighted by atomic mass is 16.5. The van der Waals surface area contributed by atoms with E-state index >= 15 is 0 Å². The zero-order chi connectivity index (χ0) is 11.2. The first-order valence-corrected chi connectivity index (χ1v) is 6.18. The normalized spacial score (nSPS) is 31.9. The van der Waals surface area contributed by atoms with Gasteiger partial charge in [-0.3, -0.25) is 0 Å². The second-order valence-corrected chi connectivity index (χ2v) is 5.85. The molecule has 0 radical (unpaired) electrons. The lowest BCUT2D eigenvalue weighted by Gasteiger charge is -2.01. The highest BCUT2D eigenvalue weighted by Crippen LogP contribution is 2.57. The smallest absolute Gasteiger partial charge is 0.226 e. The van der Waals surface area contributed by atoms with E-state index in [-0.39, 0.29) is 0 Å². The van der Waals surface area contributed by atoms with Crippen molar-refractivity contribution in [3.63, 3.8) is 0 Å². The molecule has 2 heterocycles. The van der Waals surface area contributed by atoms with Crippen LogP contribution in [0.5, 0.6) is 0 Å². The van der Waals surface area contributed by atoms with Crippen LogP contribution in [-0.4, -0.2) is 23.2 Å². The van der Waals surface area contributed by atoms with Crippen LogP contribution in [0.4, 0.5) is 0 Å². The number of nitrogens with zero attached hydrogens (tertiary/aromatic N) is 2. The highest BCUT2D eigenvalue weighted by Gasteiger charge is 2.49. The lowest BCUT2D eigenvalue weighted by atomic mass is 10.1. The van der Waals surface area contributed by atoms with Gasteiger partial charge in [0.2, 0.25) is 5.89 Å². The number of aromatic nitrogens is 2. The molecule has 1 aliphatic heterocycles. The van der Waals surface area contributed by atoms with Crippen molar-refractivity contribution in [2.75, 3.05) is 13.1 Å². The fourth-order valence-electron chi connectivity index (χ4n) is 2.54. The van der Waals surface area contributed by atoms with Crippen molar-refractivity contribution in [2.45, 2.75) is 39.0 Å². The fraction of sp³-hybridized carbons (Fsp3) is 0.833. The minimum atomic E-state index is 0.385. The van der Waals surface area contributed by atoms with Crippen LogP contribution in [-0.2, 0) is 6.42 Å². The van der Waals surface area contributed by atoms with Gasteiger partial charge in [0.05, 0.1) is 0 Å². The fourth-order valence-corrected chi connectivity index (χ4v) is 2.54. The van der Waals surface area contributed by atoms with Gasteiger partial charge in [-0.25, -0.2) is 0 Å². The Kier molecular flexibility index (Phi) is 2.28. The second kappa shape index (κ2) is 3.55. The van der Waals surface area contributed by atoms with Crippen LogP contribution in [0.25, 0.3) is 0 Å². The molecular weight excluding hydrogens is 202 g/mol. The molecule has 1 aromatic heterocycles. The molecule has 0 amide bonds. The van der Waals surface area contributed by atoms with Crippen molar-refractivity contribution in [2.24, 2.45) is 11.3 Å². The average molecular weight is 221 g/mol. The van der Waals surface area contributed by atoms with Gasteiger partial charge in [0.25, 0.3) is 0 Å². The molecule has 1 saturated carbocycles. The zero-order valence-electron chi connectivity index (χ0n) is 9.99. The molecule has 0 aromatic carbocycles. The van der Waals surface area contributed by atoms with E-state index in [2.05, 4.69) is 29.3 Å². The van der Waals surface area contributed by atoms with Crippen LogP contribution in [0.2, 0.25) is 0 Å². The van der Waals surface area contributed by atoms with Gasteiger partial charge in [0.1, 0.15) is 0 Å². The Morgan fingerprint density at radius 1 is 1.50 bits per heavy atom. The van der Waals surface area contributed by atoms with E-state index in [1.54, 1.807) is 0 Å². The lowest BCUT2D eigenvalue weighted by Crippen LogP contribution is -2.10. The summed E-state index contributed by atoms with van der Waals surface area (Å²) < 4.78 is 5.33. The van der Waals surface area contributed by atoms with E-state index in [1.165, 1.54) is 12.8 Å². The Bertz CT molecular complexity index is 379. The minimum Gasteiger partial charge on any atom is -0.339 e. The van der Waals surface area contributed by atoms with Gasteiger partial charge in [0.15, 0.2) is 5.82 Å². The summed E-state index contributed by atoms with van der Waals surface area (Å²) in [6.45, 7) is 6.73. The first-order chi connectivity index (χ1) is 7.65. The molecular formula is C12H19N3O. The summed E-state index contributed by atoms with van der Waals surface area (Å²) >= 11 is 0. The summed E-state index contributed by atoms with van der Waals surface area (Å²) in [6, 6.07) is 0. The highest BCUT2D eigenvalue weighted by molar-refractivity contribution is 5.14. The molecule has 1 aliphatic carbocycles. The maximum atomic E-state index is 5.33. The van der Waals surface area contributed by atoms with Gasteiger partial charge in [-0.15, -0.1) is 0 Å². The van der Waals surface area contributed by atoms with E-state index in [9.17, 15) is 0 Å². The van der Waals surface area contributed by atoms with Gasteiger partial charge in [-0.1, -0.05) is 19.0 Å². The van der Waals surface area contributed by atoms with Crippen molar-refractivity contribution >= 4 is 0 Å². The Hall–Kier alpha value is -0.900. The Balaban J connectivity index is 1.64. The Morgan fingerprint density at radius 3 is 2.94 bits per heavy atom. The maximum Gasteiger partial charge on any atom is 0.226 e. The second-order valence-electron chi connectivity index (χ2n) is 5.85. The number of nitrogens with one attached hydrogen (secondary N) is 1. The predicted octanol–water partition coefficient (Wildman–Crippen LogP) is 1.74. The third kappa shape index (κ3) is 1.86. The summed E-state index contributed by atoms with van der Waals surface area (Å²) in [5.41, 5.74) is 0.385. The van der Waals surface area contributed by atoms with E-state index in [0.29, 0.717) is 17.3 Å². The van der Waals surface area contributed by atoms with Gasteiger partial charge in [-0.05, 0) is 37.3 Å². The van der Waals surface area contributed by atoms with Gasteiger partial charge < -0.3 is 9.84 Å². The molecule has 1 aromatic rings. The minimum absolute atomic E-state index is 0.385. The van der Waals surface area contributed by atoms with Crippen molar-refractivity contribution < 1.29 is 4.52 Å². The van der Waals surface area contributed by atoms with Crippen LogP contribution in [0, 0.1) is 11.3 Å². The molecule has 2 aliphatic rings. The molecule has 1 N–H and O–H groups in total. The van der Waals surface area contributed by atoms with E-state index in [1.807, 2.05) is 0 Å². The summed E-state index contributed by atoms with van der Waals surface area (Å²) in [7, 11) is 0. The largest absolute Gasteiger partial charge is 0.339 e. The molecule has 88 valence electrons. The summed E-state index contributed by atoms with van der Waals surface area (Å²) in [5.74, 6) is 2.95. The molecule has 2 atom stereocenters. The van der Waals surface area contributed by atoms with Crippen LogP contribution >= 0.6 is 0 Å². The molecule has 3 rings (SSSR count). The van der Waals surface area contributed by atoms with Crippen molar-refractivity contribution in [1.29, 1.82) is 0 Å². The number of hydrogen-bond acceptors (Lipinski definition) is 4. The molecule has 2 unspecified atom stereocenters. The zero-order valence-corrected chi connectivity index (χ0v) is 9.99. The van der Waals surface area contributed by atoms with Crippen molar-refractivity contribution in [3.05, 3.63) is 11.7 Å². The van der Waals surface area contributed by atoms with E-state index in [0.717, 1.165) is 31.2 Å². The van der Waals surface area contributed by atoms with Crippen LogP contribution in [0.3, 0.4) is 0 Å². The maximum absolute atomic E-state index is 5.33. The predicted molar refractivity (Wildman–Crippen MR) is 60.1 cm³/mol. The number of rotatable bonds is 3. The number of hydrogen-bond donors (Lipinski definition) is 1. The van der Waals surface area contributed by atoms with Crippen LogP contribution in [0.1, 0.15) is 44.3 Å². The monoisotopic (exact) mass is 221 g/mol. The van der Waals surface area contributed by atoms with Crippen LogP contribution in [0.15, 0.2) is 4.52 Å². The molecule has 4 heteroatoms. The van der Waals surface area contributed by atoms with Crippen molar-refractivity contribution in [1.82, 2.24) is 15.5 Å². The van der Waals surface area contributed by atoms with E-state index in [4.69, 9.17) is 4.52 Å². The first kappa shape index (κ1) is 10.3. The lowest BCUT2D eigenvalue weighted by molar-refractivity contribution is 0.352.